The van der Waals surface area contributed by atoms with Gasteiger partial charge in [-0.1, -0.05) is 6.07 Å². The summed E-state index contributed by atoms with van der Waals surface area (Å²) in [6, 6.07) is 4.88. The van der Waals surface area contributed by atoms with Crippen LogP contribution in [-0.4, -0.2) is 4.98 Å². The molecule has 0 fully saturated rings. The predicted molar refractivity (Wildman–Crippen MR) is 67.3 cm³/mol. The first-order valence-corrected chi connectivity index (χ1v) is 6.05. The van der Waals surface area contributed by atoms with E-state index in [-0.39, 0.29) is 18.2 Å². The molecule has 0 N–H and O–H groups in total. The molecule has 8 heteroatoms. The number of thioether (sulfide) groups is 1. The molecule has 0 aliphatic carbocycles. The van der Waals surface area contributed by atoms with Gasteiger partial charge in [-0.2, -0.15) is 0 Å². The Kier molecular flexibility index (Phi) is 5.76. The summed E-state index contributed by atoms with van der Waals surface area (Å²) in [6.45, 7) is 0. The monoisotopic (exact) mass is 327 g/mol. The average molecular weight is 328 g/mol. The lowest BCUT2D eigenvalue weighted by Gasteiger charge is -2.07. The Morgan fingerprint density at radius 1 is 0.850 bits per heavy atom. The fourth-order valence-electron chi connectivity index (χ4n) is 1.34. The van der Waals surface area contributed by atoms with Gasteiger partial charge in [0.25, 0.3) is 0 Å². The first-order valence-electron chi connectivity index (χ1n) is 5.06. The second-order valence-corrected chi connectivity index (χ2v) is 4.49. The normalized spacial score (nSPS) is 10.2. The van der Waals surface area contributed by atoms with E-state index in [2.05, 4.69) is 4.98 Å². The predicted octanol–water partition coefficient (Wildman–Crippen LogP) is 4.49. The lowest BCUT2D eigenvalue weighted by atomic mass is 10.3. The van der Waals surface area contributed by atoms with Crippen molar-refractivity contribution in [2.75, 3.05) is 0 Å². The summed E-state index contributed by atoms with van der Waals surface area (Å²) in [6.07, 6.45) is 1.47. The van der Waals surface area contributed by atoms with Crippen LogP contribution in [0, 0.1) is 29.1 Å². The lowest BCUT2D eigenvalue weighted by Crippen LogP contribution is -2.03. The van der Waals surface area contributed by atoms with Gasteiger partial charge < -0.3 is 0 Å². The SMILES string of the molecule is Cl.Fc1c(F)c(F)c(SCc2ccccn2)c(F)c1F. The van der Waals surface area contributed by atoms with Gasteiger partial charge in [-0.25, -0.2) is 22.0 Å². The van der Waals surface area contributed by atoms with E-state index in [1.165, 1.54) is 6.20 Å². The Balaban J connectivity index is 0.00000200. The van der Waals surface area contributed by atoms with Crippen LogP contribution in [0.25, 0.3) is 0 Å². The first kappa shape index (κ1) is 16.7. The van der Waals surface area contributed by atoms with Crippen LogP contribution >= 0.6 is 24.2 Å². The molecule has 1 nitrogen and oxygen atoms in total. The van der Waals surface area contributed by atoms with Crippen LogP contribution in [0.2, 0.25) is 0 Å². The van der Waals surface area contributed by atoms with Crippen molar-refractivity contribution in [3.8, 4) is 0 Å². The Morgan fingerprint density at radius 2 is 1.40 bits per heavy atom. The smallest absolute Gasteiger partial charge is 0.200 e. The Labute approximate surface area is 121 Å². The number of rotatable bonds is 3. The molecule has 2 aromatic rings. The minimum atomic E-state index is -2.16. The second kappa shape index (κ2) is 6.90. The van der Waals surface area contributed by atoms with E-state index in [1.807, 2.05) is 0 Å². The van der Waals surface area contributed by atoms with E-state index in [4.69, 9.17) is 0 Å². The van der Waals surface area contributed by atoms with Crippen molar-refractivity contribution in [1.29, 1.82) is 0 Å². The van der Waals surface area contributed by atoms with Crippen molar-refractivity contribution in [3.63, 3.8) is 0 Å². The maximum Gasteiger partial charge on any atom is 0.200 e. The molecule has 20 heavy (non-hydrogen) atoms. The van der Waals surface area contributed by atoms with Gasteiger partial charge in [-0.05, 0) is 12.1 Å². The maximum absolute atomic E-state index is 13.3. The van der Waals surface area contributed by atoms with Crippen molar-refractivity contribution < 1.29 is 22.0 Å². The fourth-order valence-corrected chi connectivity index (χ4v) is 2.24. The highest BCUT2D eigenvalue weighted by Gasteiger charge is 2.25. The van der Waals surface area contributed by atoms with E-state index < -0.39 is 34.0 Å². The number of hydrogen-bond acceptors (Lipinski definition) is 2. The third-order valence-corrected chi connectivity index (χ3v) is 3.35. The molecular formula is C12H7ClF5NS. The van der Waals surface area contributed by atoms with Gasteiger partial charge in [-0.15, -0.1) is 24.2 Å². The molecule has 2 rings (SSSR count). The summed E-state index contributed by atoms with van der Waals surface area (Å²) in [5.41, 5.74) is 0.469. The topological polar surface area (TPSA) is 12.9 Å². The summed E-state index contributed by atoms with van der Waals surface area (Å²) in [4.78, 5) is 2.99. The van der Waals surface area contributed by atoms with E-state index in [0.717, 1.165) is 0 Å². The van der Waals surface area contributed by atoms with Crippen LogP contribution in [0.3, 0.4) is 0 Å². The molecular weight excluding hydrogens is 321 g/mol. The zero-order valence-electron chi connectivity index (χ0n) is 9.67. The van der Waals surface area contributed by atoms with Crippen LogP contribution in [0.5, 0.6) is 0 Å². The molecule has 0 saturated carbocycles. The van der Waals surface area contributed by atoms with Crippen LogP contribution in [0.15, 0.2) is 29.3 Å². The fraction of sp³-hybridized carbons (Fsp3) is 0.0833. The van der Waals surface area contributed by atoms with Crippen molar-refractivity contribution in [2.45, 2.75) is 10.6 Å². The Morgan fingerprint density at radius 3 is 1.90 bits per heavy atom. The van der Waals surface area contributed by atoms with E-state index in [1.54, 1.807) is 18.2 Å². The largest absolute Gasteiger partial charge is 0.260 e. The number of halogens is 6. The van der Waals surface area contributed by atoms with Crippen molar-refractivity contribution in [1.82, 2.24) is 4.98 Å². The zero-order chi connectivity index (χ0) is 14.0. The Hall–Kier alpha value is -1.34. The molecule has 0 amide bonds. The number of pyridine rings is 1. The van der Waals surface area contributed by atoms with Crippen LogP contribution in [0.1, 0.15) is 5.69 Å². The van der Waals surface area contributed by atoms with Gasteiger partial charge in [0.1, 0.15) is 0 Å². The minimum Gasteiger partial charge on any atom is -0.260 e. The highest BCUT2D eigenvalue weighted by molar-refractivity contribution is 7.98. The second-order valence-electron chi connectivity index (χ2n) is 3.51. The molecule has 108 valence electrons. The van der Waals surface area contributed by atoms with Gasteiger partial charge in [-0.3, -0.25) is 4.98 Å². The minimum absolute atomic E-state index is 0. The van der Waals surface area contributed by atoms with Gasteiger partial charge in [0.15, 0.2) is 23.3 Å². The summed E-state index contributed by atoms with van der Waals surface area (Å²) in [5, 5.41) is 0. The summed E-state index contributed by atoms with van der Waals surface area (Å²) in [5.74, 6) is -9.68. The van der Waals surface area contributed by atoms with Gasteiger partial charge in [0.05, 0.1) is 10.6 Å². The van der Waals surface area contributed by atoms with Crippen molar-refractivity contribution >= 4 is 24.2 Å². The molecule has 0 atom stereocenters. The number of nitrogens with zero attached hydrogens (tertiary/aromatic N) is 1. The number of hydrogen-bond donors (Lipinski definition) is 0. The maximum atomic E-state index is 13.3. The molecule has 0 spiro atoms. The Bertz CT molecular complexity index is 580. The highest BCUT2D eigenvalue weighted by atomic mass is 35.5. The van der Waals surface area contributed by atoms with Crippen LogP contribution in [0.4, 0.5) is 22.0 Å². The molecule has 0 unspecified atom stereocenters. The lowest BCUT2D eigenvalue weighted by molar-refractivity contribution is 0.361. The quantitative estimate of drug-likeness (QED) is 0.356. The molecule has 0 aliphatic rings. The average Bonchev–Trinajstić information content (AvgIpc) is 2.44. The first-order chi connectivity index (χ1) is 9.02. The van der Waals surface area contributed by atoms with E-state index in [0.29, 0.717) is 17.5 Å². The molecule has 1 heterocycles. The van der Waals surface area contributed by atoms with E-state index >= 15 is 0 Å². The van der Waals surface area contributed by atoms with Crippen LogP contribution < -0.4 is 0 Å². The summed E-state index contributed by atoms with van der Waals surface area (Å²) in [7, 11) is 0. The highest BCUT2D eigenvalue weighted by Crippen LogP contribution is 2.32. The molecule has 1 aromatic heterocycles. The number of aromatic nitrogens is 1. The van der Waals surface area contributed by atoms with Crippen molar-refractivity contribution in [2.24, 2.45) is 0 Å². The molecule has 1 aromatic carbocycles. The van der Waals surface area contributed by atoms with E-state index in [9.17, 15) is 22.0 Å². The number of benzene rings is 1. The molecule has 0 saturated heterocycles. The van der Waals surface area contributed by atoms with Gasteiger partial charge in [0, 0.05) is 11.9 Å². The third-order valence-electron chi connectivity index (χ3n) is 2.26. The summed E-state index contributed by atoms with van der Waals surface area (Å²) >= 11 is 0.505. The molecule has 0 radical (unpaired) electrons. The molecule has 0 aliphatic heterocycles. The van der Waals surface area contributed by atoms with Crippen molar-refractivity contribution in [3.05, 3.63) is 59.2 Å². The third kappa shape index (κ3) is 3.21. The molecule has 0 bridgehead atoms. The zero-order valence-corrected chi connectivity index (χ0v) is 11.3. The van der Waals surface area contributed by atoms with Gasteiger partial charge in [0.2, 0.25) is 5.82 Å². The standard InChI is InChI=1S/C12H6F5NS.ClH/c13-7-8(14)10(16)12(11(17)9(7)15)19-5-6-3-1-2-4-18-6;/h1-4H,5H2;1H. The van der Waals surface area contributed by atoms with Crippen LogP contribution in [-0.2, 0) is 5.75 Å². The summed E-state index contributed by atoms with van der Waals surface area (Å²) < 4.78 is 65.4. The van der Waals surface area contributed by atoms with Gasteiger partial charge >= 0.3 is 0 Å².